The maximum absolute atomic E-state index is 4.69. The molecular formula is C17H25N7. The minimum absolute atomic E-state index is 0.281. The van der Waals surface area contributed by atoms with Crippen molar-refractivity contribution in [3.8, 4) is 0 Å². The van der Waals surface area contributed by atoms with Crippen LogP contribution < -0.4 is 14.7 Å². The second kappa shape index (κ2) is 6.98. The van der Waals surface area contributed by atoms with E-state index in [1.165, 1.54) is 5.69 Å². The van der Waals surface area contributed by atoms with Gasteiger partial charge < -0.3 is 14.7 Å². The lowest BCUT2D eigenvalue weighted by Gasteiger charge is -2.36. The van der Waals surface area contributed by atoms with Crippen LogP contribution >= 0.6 is 0 Å². The molecule has 1 aliphatic heterocycles. The van der Waals surface area contributed by atoms with E-state index in [0.717, 1.165) is 43.9 Å². The van der Waals surface area contributed by atoms with Crippen LogP contribution in [0.4, 0.5) is 17.6 Å². The zero-order chi connectivity index (χ0) is 17.1. The predicted molar refractivity (Wildman–Crippen MR) is 96.9 cm³/mol. The molecule has 0 atom stereocenters. The first kappa shape index (κ1) is 16.4. The molecule has 1 aliphatic rings. The first-order valence-corrected chi connectivity index (χ1v) is 8.38. The molecule has 0 unspecified atom stereocenters. The van der Waals surface area contributed by atoms with Gasteiger partial charge in [0.2, 0.25) is 11.9 Å². The second-order valence-corrected chi connectivity index (χ2v) is 6.52. The van der Waals surface area contributed by atoms with E-state index in [2.05, 4.69) is 55.7 Å². The van der Waals surface area contributed by atoms with Crippen molar-refractivity contribution >= 4 is 17.6 Å². The Morgan fingerprint density at radius 2 is 1.54 bits per heavy atom. The van der Waals surface area contributed by atoms with E-state index in [1.54, 1.807) is 0 Å². The molecule has 0 aliphatic carbocycles. The maximum Gasteiger partial charge on any atom is 0.230 e. The summed E-state index contributed by atoms with van der Waals surface area (Å²) >= 11 is 0. The van der Waals surface area contributed by atoms with Gasteiger partial charge in [-0.3, -0.25) is 4.98 Å². The van der Waals surface area contributed by atoms with Crippen molar-refractivity contribution in [1.29, 1.82) is 0 Å². The van der Waals surface area contributed by atoms with Crippen LogP contribution in [-0.4, -0.2) is 60.2 Å². The minimum atomic E-state index is 0.281. The molecule has 0 aromatic carbocycles. The zero-order valence-corrected chi connectivity index (χ0v) is 14.8. The third-order valence-electron chi connectivity index (χ3n) is 4.14. The summed E-state index contributed by atoms with van der Waals surface area (Å²) < 4.78 is 0. The molecule has 2 aromatic heterocycles. The summed E-state index contributed by atoms with van der Waals surface area (Å²) in [6.45, 7) is 7.92. The highest BCUT2D eigenvalue weighted by Gasteiger charge is 2.21. The fourth-order valence-corrected chi connectivity index (χ4v) is 2.69. The van der Waals surface area contributed by atoms with Crippen LogP contribution in [0.3, 0.4) is 0 Å². The predicted octanol–water partition coefficient (Wildman–Crippen LogP) is 1.78. The lowest BCUT2D eigenvalue weighted by Crippen LogP contribution is -2.47. The Labute approximate surface area is 143 Å². The van der Waals surface area contributed by atoms with Crippen molar-refractivity contribution in [2.75, 3.05) is 55.0 Å². The van der Waals surface area contributed by atoms with Crippen LogP contribution in [0.15, 0.2) is 24.5 Å². The topological polar surface area (TPSA) is 61.3 Å². The Bertz CT molecular complexity index is 638. The Morgan fingerprint density at radius 3 is 2.12 bits per heavy atom. The first-order valence-electron chi connectivity index (χ1n) is 8.38. The van der Waals surface area contributed by atoms with E-state index < -0.39 is 0 Å². The van der Waals surface area contributed by atoms with Gasteiger partial charge >= 0.3 is 0 Å². The molecule has 1 saturated heterocycles. The van der Waals surface area contributed by atoms with Crippen molar-refractivity contribution in [1.82, 2.24) is 19.9 Å². The summed E-state index contributed by atoms with van der Waals surface area (Å²) in [5.74, 6) is 2.64. The molecule has 3 rings (SSSR count). The van der Waals surface area contributed by atoms with Crippen molar-refractivity contribution < 1.29 is 0 Å². The number of piperazine rings is 1. The average Bonchev–Trinajstić information content (AvgIpc) is 2.62. The van der Waals surface area contributed by atoms with Gasteiger partial charge in [-0.2, -0.15) is 15.0 Å². The van der Waals surface area contributed by atoms with Gasteiger partial charge in [-0.15, -0.1) is 0 Å². The third-order valence-corrected chi connectivity index (χ3v) is 4.14. The number of aromatic nitrogens is 4. The van der Waals surface area contributed by atoms with Crippen LogP contribution in [0.5, 0.6) is 0 Å². The Kier molecular flexibility index (Phi) is 4.78. The van der Waals surface area contributed by atoms with Crippen molar-refractivity contribution in [2.45, 2.75) is 19.8 Å². The molecule has 128 valence electrons. The molecular weight excluding hydrogens is 302 g/mol. The number of rotatable bonds is 4. The quantitative estimate of drug-likeness (QED) is 0.848. The standard InChI is InChI=1S/C17H25N7/c1-13(2)15-19-16(22(3)4)21-17(20-15)24-11-9-23(10-12-24)14-5-7-18-8-6-14/h5-8,13H,9-12H2,1-4H3. The van der Waals surface area contributed by atoms with Crippen LogP contribution in [0.1, 0.15) is 25.6 Å². The van der Waals surface area contributed by atoms with E-state index in [0.29, 0.717) is 0 Å². The third kappa shape index (κ3) is 3.55. The smallest absolute Gasteiger partial charge is 0.230 e. The molecule has 0 bridgehead atoms. The number of anilines is 3. The molecule has 0 N–H and O–H groups in total. The number of nitrogens with zero attached hydrogens (tertiary/aromatic N) is 7. The summed E-state index contributed by atoms with van der Waals surface area (Å²) in [5.41, 5.74) is 1.22. The highest BCUT2D eigenvalue weighted by Crippen LogP contribution is 2.20. The number of hydrogen-bond donors (Lipinski definition) is 0. The normalized spacial score (nSPS) is 15.0. The van der Waals surface area contributed by atoms with Gasteiger partial charge in [0, 0.05) is 64.3 Å². The van der Waals surface area contributed by atoms with Gasteiger partial charge in [0.1, 0.15) is 5.82 Å². The first-order chi connectivity index (χ1) is 11.5. The maximum atomic E-state index is 4.69. The van der Waals surface area contributed by atoms with E-state index in [1.807, 2.05) is 31.4 Å². The lowest BCUT2D eigenvalue weighted by atomic mass is 10.2. The fraction of sp³-hybridized carbons (Fsp3) is 0.529. The Morgan fingerprint density at radius 1 is 0.917 bits per heavy atom. The van der Waals surface area contributed by atoms with E-state index in [-0.39, 0.29) is 5.92 Å². The van der Waals surface area contributed by atoms with Crippen molar-refractivity contribution in [3.05, 3.63) is 30.4 Å². The summed E-state index contributed by atoms with van der Waals surface area (Å²) in [6.07, 6.45) is 3.68. The molecule has 0 spiro atoms. The average molecular weight is 327 g/mol. The summed E-state index contributed by atoms with van der Waals surface area (Å²) in [6, 6.07) is 4.11. The molecule has 2 aromatic rings. The van der Waals surface area contributed by atoms with Crippen LogP contribution in [0, 0.1) is 0 Å². The summed E-state index contributed by atoms with van der Waals surface area (Å²) in [7, 11) is 3.93. The van der Waals surface area contributed by atoms with Gasteiger partial charge in [-0.05, 0) is 12.1 Å². The van der Waals surface area contributed by atoms with Crippen molar-refractivity contribution in [2.24, 2.45) is 0 Å². The highest BCUT2D eigenvalue weighted by atomic mass is 15.4. The number of hydrogen-bond acceptors (Lipinski definition) is 7. The highest BCUT2D eigenvalue weighted by molar-refractivity contribution is 5.47. The Balaban J connectivity index is 1.76. The molecule has 0 radical (unpaired) electrons. The monoisotopic (exact) mass is 327 g/mol. The molecule has 0 saturated carbocycles. The van der Waals surface area contributed by atoms with E-state index in [4.69, 9.17) is 0 Å². The molecule has 3 heterocycles. The summed E-state index contributed by atoms with van der Waals surface area (Å²) in [4.78, 5) is 24.5. The minimum Gasteiger partial charge on any atom is -0.368 e. The summed E-state index contributed by atoms with van der Waals surface area (Å²) in [5, 5.41) is 0. The largest absolute Gasteiger partial charge is 0.368 e. The van der Waals surface area contributed by atoms with Gasteiger partial charge in [0.05, 0.1) is 0 Å². The van der Waals surface area contributed by atoms with Gasteiger partial charge in [0.25, 0.3) is 0 Å². The molecule has 1 fully saturated rings. The second-order valence-electron chi connectivity index (χ2n) is 6.52. The van der Waals surface area contributed by atoms with Crippen LogP contribution in [-0.2, 0) is 0 Å². The Hall–Kier alpha value is -2.44. The van der Waals surface area contributed by atoms with Crippen molar-refractivity contribution in [3.63, 3.8) is 0 Å². The zero-order valence-electron chi connectivity index (χ0n) is 14.8. The van der Waals surface area contributed by atoms with Gasteiger partial charge in [-0.25, -0.2) is 0 Å². The van der Waals surface area contributed by atoms with Crippen LogP contribution in [0.25, 0.3) is 0 Å². The SMILES string of the molecule is CC(C)c1nc(N(C)C)nc(N2CCN(c3ccncc3)CC2)n1. The fourth-order valence-electron chi connectivity index (χ4n) is 2.69. The molecule has 24 heavy (non-hydrogen) atoms. The van der Waals surface area contributed by atoms with Gasteiger partial charge in [0.15, 0.2) is 0 Å². The number of pyridine rings is 1. The van der Waals surface area contributed by atoms with E-state index in [9.17, 15) is 0 Å². The molecule has 7 heteroatoms. The van der Waals surface area contributed by atoms with Gasteiger partial charge in [-0.1, -0.05) is 13.8 Å². The lowest BCUT2D eigenvalue weighted by molar-refractivity contribution is 0.631. The molecule has 7 nitrogen and oxygen atoms in total. The molecule has 0 amide bonds. The van der Waals surface area contributed by atoms with Crippen LogP contribution in [0.2, 0.25) is 0 Å². The van der Waals surface area contributed by atoms with E-state index >= 15 is 0 Å².